The molecule has 0 unspecified atom stereocenters. The minimum absolute atomic E-state index is 0.00406. The molecule has 0 aliphatic heterocycles. The Kier molecular flexibility index (Phi) is 5.70. The van der Waals surface area contributed by atoms with Crippen molar-refractivity contribution in [3.8, 4) is 23.1 Å². The van der Waals surface area contributed by atoms with Gasteiger partial charge in [0, 0.05) is 0 Å². The third-order valence-corrected chi connectivity index (χ3v) is 4.28. The summed E-state index contributed by atoms with van der Waals surface area (Å²) >= 11 is 5.43. The van der Waals surface area contributed by atoms with Crippen LogP contribution in [-0.4, -0.2) is 21.1 Å². The largest absolute Gasteiger partial charge is 0.459 e. The highest BCUT2D eigenvalue weighted by molar-refractivity contribution is 6.31. The summed E-state index contributed by atoms with van der Waals surface area (Å²) in [7, 11) is 0. The van der Waals surface area contributed by atoms with Crippen molar-refractivity contribution in [1.82, 2.24) is 15.0 Å². The molecule has 1 aromatic carbocycles. The Labute approximate surface area is 176 Å². The van der Waals surface area contributed by atoms with Gasteiger partial charge in [0.1, 0.15) is 5.75 Å². The van der Waals surface area contributed by atoms with E-state index in [2.05, 4.69) is 9.97 Å². The standard InChI is InChI=1S/C17H8ClF8N3O3/c1-6-10(31-5-27-6)13-28-12(15(19,20)17(24,25)26)11(14(30)29-13)32-7-2-3-9(18)8(4-7)16(21,22)23/h2-5H,1H3,(H,28,29,30). The molecule has 0 spiro atoms. The molecule has 15 heteroatoms. The first kappa shape index (κ1) is 23.5. The number of aryl methyl sites for hydroxylation is 1. The van der Waals surface area contributed by atoms with Gasteiger partial charge < -0.3 is 14.1 Å². The van der Waals surface area contributed by atoms with E-state index >= 15 is 0 Å². The monoisotopic (exact) mass is 489 g/mol. The van der Waals surface area contributed by atoms with Crippen LogP contribution >= 0.6 is 11.6 Å². The maximum absolute atomic E-state index is 14.2. The van der Waals surface area contributed by atoms with Crippen LogP contribution < -0.4 is 10.3 Å². The molecule has 3 aromatic rings. The number of H-pyrrole nitrogens is 1. The number of halogens is 9. The summed E-state index contributed by atoms with van der Waals surface area (Å²) < 4.78 is 116. The molecule has 0 aliphatic carbocycles. The van der Waals surface area contributed by atoms with Crippen LogP contribution in [-0.2, 0) is 12.1 Å². The van der Waals surface area contributed by atoms with Crippen LogP contribution in [0.5, 0.6) is 11.5 Å². The van der Waals surface area contributed by atoms with E-state index in [1.807, 2.05) is 4.98 Å². The number of hydrogen-bond acceptors (Lipinski definition) is 5. The normalized spacial score (nSPS) is 12.8. The van der Waals surface area contributed by atoms with Crippen molar-refractivity contribution in [2.24, 2.45) is 0 Å². The van der Waals surface area contributed by atoms with Crippen LogP contribution in [0.1, 0.15) is 17.0 Å². The lowest BCUT2D eigenvalue weighted by Gasteiger charge is -2.21. The summed E-state index contributed by atoms with van der Waals surface area (Å²) in [6.07, 6.45) is -10.4. The highest BCUT2D eigenvalue weighted by Crippen LogP contribution is 2.46. The summed E-state index contributed by atoms with van der Waals surface area (Å²) in [6.45, 7) is 1.29. The van der Waals surface area contributed by atoms with Crippen LogP contribution in [0.3, 0.4) is 0 Å². The molecule has 0 bridgehead atoms. The number of nitrogens with zero attached hydrogens (tertiary/aromatic N) is 2. The molecule has 0 atom stereocenters. The summed E-state index contributed by atoms with van der Waals surface area (Å²) in [4.78, 5) is 21.0. The number of alkyl halides is 8. The molecule has 0 saturated heterocycles. The Morgan fingerprint density at radius 2 is 1.75 bits per heavy atom. The first-order valence-corrected chi connectivity index (χ1v) is 8.55. The maximum Gasteiger partial charge on any atom is 0.459 e. The van der Waals surface area contributed by atoms with Gasteiger partial charge in [-0.25, -0.2) is 9.97 Å². The van der Waals surface area contributed by atoms with Crippen molar-refractivity contribution in [3.63, 3.8) is 0 Å². The molecule has 3 rings (SSSR count). The van der Waals surface area contributed by atoms with Crippen molar-refractivity contribution in [1.29, 1.82) is 0 Å². The van der Waals surface area contributed by atoms with E-state index in [9.17, 15) is 39.9 Å². The summed E-state index contributed by atoms with van der Waals surface area (Å²) in [5, 5.41) is -0.797. The topological polar surface area (TPSA) is 81.0 Å². The zero-order valence-electron chi connectivity index (χ0n) is 15.3. The molecule has 2 heterocycles. The van der Waals surface area contributed by atoms with Gasteiger partial charge in [0.15, 0.2) is 23.7 Å². The average molecular weight is 490 g/mol. The number of rotatable bonds is 4. The maximum atomic E-state index is 14.2. The Hall–Kier alpha value is -3.16. The fourth-order valence-corrected chi connectivity index (χ4v) is 2.67. The summed E-state index contributed by atoms with van der Waals surface area (Å²) in [5.74, 6) is -9.54. The summed E-state index contributed by atoms with van der Waals surface area (Å²) in [5.41, 5.74) is -5.31. The van der Waals surface area contributed by atoms with Crippen LogP contribution in [0.15, 0.2) is 33.8 Å². The molecule has 0 aliphatic rings. The smallest absolute Gasteiger partial charge is 0.449 e. The first-order chi connectivity index (χ1) is 14.6. The van der Waals surface area contributed by atoms with Gasteiger partial charge in [-0.3, -0.25) is 4.79 Å². The van der Waals surface area contributed by atoms with Crippen molar-refractivity contribution in [3.05, 3.63) is 56.9 Å². The molecule has 1 N–H and O–H groups in total. The lowest BCUT2D eigenvalue weighted by Crippen LogP contribution is -2.36. The molecule has 2 aromatic heterocycles. The van der Waals surface area contributed by atoms with E-state index in [0.717, 1.165) is 12.5 Å². The SMILES string of the molecule is Cc1ncoc1-c1nc(C(F)(F)C(F)(F)F)c(Oc2ccc(Cl)c(C(F)(F)F)c2)c(=O)[nH]1. The molecular weight excluding hydrogens is 482 g/mol. The molecule has 172 valence electrons. The van der Waals surface area contributed by atoms with Gasteiger partial charge in [0.05, 0.1) is 16.3 Å². The lowest BCUT2D eigenvalue weighted by molar-refractivity contribution is -0.291. The second kappa shape index (κ2) is 7.76. The van der Waals surface area contributed by atoms with Gasteiger partial charge in [-0.05, 0) is 25.1 Å². The van der Waals surface area contributed by atoms with Gasteiger partial charge >= 0.3 is 18.3 Å². The van der Waals surface area contributed by atoms with Gasteiger partial charge in [-0.1, -0.05) is 11.6 Å². The third kappa shape index (κ3) is 4.26. The molecule has 6 nitrogen and oxygen atoms in total. The highest BCUT2D eigenvalue weighted by atomic mass is 35.5. The Bertz CT molecular complexity index is 1220. The number of ether oxygens (including phenoxy) is 1. The third-order valence-electron chi connectivity index (χ3n) is 3.95. The van der Waals surface area contributed by atoms with Crippen LogP contribution in [0, 0.1) is 6.92 Å². The second-order valence-electron chi connectivity index (χ2n) is 6.17. The number of aromatic nitrogens is 3. The van der Waals surface area contributed by atoms with E-state index in [1.54, 1.807) is 0 Å². The Morgan fingerprint density at radius 3 is 2.28 bits per heavy atom. The quantitative estimate of drug-likeness (QED) is 0.465. The predicted octanol–water partition coefficient (Wildman–Crippen LogP) is 5.85. The van der Waals surface area contributed by atoms with E-state index < -0.39 is 63.2 Å². The van der Waals surface area contributed by atoms with Crippen LogP contribution in [0.4, 0.5) is 35.1 Å². The minimum Gasteiger partial charge on any atom is -0.449 e. The van der Waals surface area contributed by atoms with E-state index in [4.69, 9.17) is 20.8 Å². The fourth-order valence-electron chi connectivity index (χ4n) is 2.44. The Morgan fingerprint density at radius 1 is 1.09 bits per heavy atom. The van der Waals surface area contributed by atoms with Gasteiger partial charge in [-0.2, -0.15) is 35.1 Å². The lowest BCUT2D eigenvalue weighted by atomic mass is 10.2. The second-order valence-corrected chi connectivity index (χ2v) is 6.58. The number of benzene rings is 1. The van der Waals surface area contributed by atoms with Gasteiger partial charge in [0.25, 0.3) is 5.56 Å². The van der Waals surface area contributed by atoms with Crippen LogP contribution in [0.2, 0.25) is 5.02 Å². The first-order valence-electron chi connectivity index (χ1n) is 8.17. The van der Waals surface area contributed by atoms with Gasteiger partial charge in [0.2, 0.25) is 5.75 Å². The number of hydrogen-bond donors (Lipinski definition) is 1. The fraction of sp³-hybridized carbons (Fsp3) is 0.235. The zero-order chi connectivity index (χ0) is 24.1. The van der Waals surface area contributed by atoms with Crippen molar-refractivity contribution in [2.75, 3.05) is 0 Å². The van der Waals surface area contributed by atoms with Crippen molar-refractivity contribution >= 4 is 11.6 Å². The van der Waals surface area contributed by atoms with E-state index in [0.29, 0.717) is 6.07 Å². The number of nitrogens with one attached hydrogen (secondary N) is 1. The van der Waals surface area contributed by atoms with Crippen molar-refractivity contribution in [2.45, 2.75) is 25.2 Å². The zero-order valence-corrected chi connectivity index (χ0v) is 16.1. The molecule has 0 radical (unpaired) electrons. The van der Waals surface area contributed by atoms with E-state index in [1.165, 1.54) is 6.92 Å². The molecule has 0 fully saturated rings. The van der Waals surface area contributed by atoms with Gasteiger partial charge in [-0.15, -0.1) is 0 Å². The van der Waals surface area contributed by atoms with E-state index in [-0.39, 0.29) is 11.8 Å². The molecule has 0 amide bonds. The predicted molar refractivity (Wildman–Crippen MR) is 91.6 cm³/mol. The highest BCUT2D eigenvalue weighted by Gasteiger charge is 2.62. The summed E-state index contributed by atoms with van der Waals surface area (Å²) in [6, 6.07) is 1.63. The average Bonchev–Trinajstić information content (AvgIpc) is 3.08. The van der Waals surface area contributed by atoms with Crippen LogP contribution in [0.25, 0.3) is 11.6 Å². The molecular formula is C17H8ClF8N3O3. The molecule has 0 saturated carbocycles. The minimum atomic E-state index is -6.23. The molecule has 32 heavy (non-hydrogen) atoms. The number of aromatic amines is 1. The number of oxazole rings is 1. The van der Waals surface area contributed by atoms with Crippen molar-refractivity contribution < 1.29 is 44.3 Å². The Balaban J connectivity index is 2.22.